The number of benzene rings is 1. The van der Waals surface area contributed by atoms with Crippen LogP contribution in [0.5, 0.6) is 0 Å². The van der Waals surface area contributed by atoms with Crippen LogP contribution in [0.1, 0.15) is 10.4 Å². The highest BCUT2D eigenvalue weighted by Gasteiger charge is 2.20. The summed E-state index contributed by atoms with van der Waals surface area (Å²) >= 11 is 6.73. The van der Waals surface area contributed by atoms with Crippen molar-refractivity contribution >= 4 is 45.6 Å². The highest BCUT2D eigenvalue weighted by Crippen LogP contribution is 2.28. The van der Waals surface area contributed by atoms with Crippen LogP contribution in [-0.4, -0.2) is 22.2 Å². The van der Waals surface area contributed by atoms with Crippen molar-refractivity contribution in [1.82, 2.24) is 0 Å². The molecular formula is C13H9N3O2S2. The third kappa shape index (κ3) is 2.33. The largest absolute Gasteiger partial charge is 0.348 e. The summed E-state index contributed by atoms with van der Waals surface area (Å²) in [4.78, 5) is 16.6. The molecule has 0 saturated carbocycles. The Kier molecular flexibility index (Phi) is 3.29. The molecule has 0 unspecified atom stereocenters. The number of fused-ring (bicyclic) bond motifs is 1. The van der Waals surface area contributed by atoms with Crippen LogP contribution in [-0.2, 0) is 0 Å². The van der Waals surface area contributed by atoms with Crippen LogP contribution in [0.3, 0.4) is 0 Å². The van der Waals surface area contributed by atoms with Gasteiger partial charge in [0.05, 0.1) is 22.1 Å². The van der Waals surface area contributed by atoms with Gasteiger partial charge in [0.25, 0.3) is 5.69 Å². The third-order valence-corrected chi connectivity index (χ3v) is 3.99. The van der Waals surface area contributed by atoms with Gasteiger partial charge in [-0.1, -0.05) is 18.3 Å². The van der Waals surface area contributed by atoms with Crippen LogP contribution in [0.25, 0.3) is 0 Å². The van der Waals surface area contributed by atoms with E-state index in [2.05, 4.69) is 10.3 Å². The minimum atomic E-state index is -0.407. The van der Waals surface area contributed by atoms with Gasteiger partial charge in [-0.3, -0.25) is 15.1 Å². The Morgan fingerprint density at radius 2 is 2.25 bits per heavy atom. The molecule has 3 rings (SSSR count). The van der Waals surface area contributed by atoms with Crippen molar-refractivity contribution in [2.75, 3.05) is 11.9 Å². The molecule has 1 aliphatic heterocycles. The maximum Gasteiger partial charge on any atom is 0.270 e. The minimum absolute atomic E-state index is 0.0441. The van der Waals surface area contributed by atoms with Crippen LogP contribution in [0.15, 0.2) is 40.7 Å². The number of nitro groups is 1. The molecule has 20 heavy (non-hydrogen) atoms. The summed E-state index contributed by atoms with van der Waals surface area (Å²) < 4.78 is 0. The lowest BCUT2D eigenvalue weighted by molar-refractivity contribution is -0.384. The molecule has 5 nitrogen and oxygen atoms in total. The van der Waals surface area contributed by atoms with E-state index in [0.29, 0.717) is 17.1 Å². The van der Waals surface area contributed by atoms with E-state index in [9.17, 15) is 10.1 Å². The Hall–Kier alpha value is -2.12. The molecule has 0 amide bonds. The third-order valence-electron chi connectivity index (χ3n) is 2.88. The van der Waals surface area contributed by atoms with E-state index in [0.717, 1.165) is 16.3 Å². The van der Waals surface area contributed by atoms with Crippen molar-refractivity contribution in [2.24, 2.45) is 4.99 Å². The van der Waals surface area contributed by atoms with E-state index in [1.165, 1.54) is 12.1 Å². The summed E-state index contributed by atoms with van der Waals surface area (Å²) in [5.74, 6) is 0. The van der Waals surface area contributed by atoms with Gasteiger partial charge in [-0.15, -0.1) is 11.3 Å². The van der Waals surface area contributed by atoms with E-state index in [4.69, 9.17) is 12.2 Å². The zero-order valence-electron chi connectivity index (χ0n) is 10.2. The van der Waals surface area contributed by atoms with Gasteiger partial charge in [0.15, 0.2) is 0 Å². The molecule has 2 aromatic rings. The van der Waals surface area contributed by atoms with E-state index >= 15 is 0 Å². The lowest BCUT2D eigenvalue weighted by Crippen LogP contribution is -2.11. The quantitative estimate of drug-likeness (QED) is 0.525. The van der Waals surface area contributed by atoms with Gasteiger partial charge < -0.3 is 5.32 Å². The summed E-state index contributed by atoms with van der Waals surface area (Å²) in [5.41, 5.74) is 2.25. The highest BCUT2D eigenvalue weighted by atomic mass is 32.1. The Morgan fingerprint density at radius 3 is 2.95 bits per heavy atom. The maximum absolute atomic E-state index is 11.0. The Bertz CT molecular complexity index is 723. The second-order valence-electron chi connectivity index (χ2n) is 4.18. The van der Waals surface area contributed by atoms with Gasteiger partial charge in [-0.05, 0) is 17.5 Å². The molecule has 1 N–H and O–H groups in total. The first-order valence-electron chi connectivity index (χ1n) is 5.82. The molecule has 100 valence electrons. The van der Waals surface area contributed by atoms with E-state index in [1.54, 1.807) is 17.4 Å². The normalized spacial score (nSPS) is 14.0. The number of thiocarbonyl (C=S) groups is 1. The number of hydrogen-bond donors (Lipinski definition) is 1. The second-order valence-corrected chi connectivity index (χ2v) is 5.62. The molecule has 0 aliphatic carbocycles. The first-order chi connectivity index (χ1) is 9.65. The van der Waals surface area contributed by atoms with Crippen molar-refractivity contribution in [3.05, 3.63) is 56.3 Å². The van der Waals surface area contributed by atoms with Crippen LogP contribution in [0, 0.1) is 10.1 Å². The first-order valence-corrected chi connectivity index (χ1v) is 7.11. The summed E-state index contributed by atoms with van der Waals surface area (Å²) in [6, 6.07) is 8.55. The number of non-ortho nitro benzene ring substituents is 1. The van der Waals surface area contributed by atoms with Gasteiger partial charge in [0, 0.05) is 23.4 Å². The van der Waals surface area contributed by atoms with Gasteiger partial charge >= 0.3 is 0 Å². The number of aliphatic imine (C=N–C) groups is 1. The minimum Gasteiger partial charge on any atom is -0.348 e. The average molecular weight is 303 g/mol. The highest BCUT2D eigenvalue weighted by molar-refractivity contribution is 7.80. The fourth-order valence-corrected chi connectivity index (χ4v) is 2.92. The fourth-order valence-electron chi connectivity index (χ4n) is 2.00. The van der Waals surface area contributed by atoms with E-state index in [-0.39, 0.29) is 5.69 Å². The van der Waals surface area contributed by atoms with Gasteiger partial charge in [0.1, 0.15) is 4.99 Å². The monoisotopic (exact) mass is 303 g/mol. The summed E-state index contributed by atoms with van der Waals surface area (Å²) in [5, 5.41) is 16.0. The summed E-state index contributed by atoms with van der Waals surface area (Å²) in [6.07, 6.45) is 0. The van der Waals surface area contributed by atoms with Crippen molar-refractivity contribution < 1.29 is 4.92 Å². The zero-order chi connectivity index (χ0) is 14.1. The number of rotatable bonds is 2. The number of nitrogens with zero attached hydrogens (tertiary/aromatic N) is 2. The zero-order valence-corrected chi connectivity index (χ0v) is 11.8. The molecule has 0 fully saturated rings. The molecule has 0 spiro atoms. The topological polar surface area (TPSA) is 67.5 Å². The molecule has 0 saturated heterocycles. The summed E-state index contributed by atoms with van der Waals surface area (Å²) in [6.45, 7) is 0.380. The standard InChI is InChI=1S/C13H9N3O2S2/c17-16(18)8-3-4-10-9(6-8)13(11-2-1-5-20-11)14-7-12(19)15-10/h1-6H,7H2,(H,15,19). The number of thiophene rings is 1. The van der Waals surface area contributed by atoms with Crippen molar-refractivity contribution in [3.8, 4) is 0 Å². The molecule has 1 aromatic carbocycles. The molecule has 1 aromatic heterocycles. The van der Waals surface area contributed by atoms with E-state index < -0.39 is 4.92 Å². The lowest BCUT2D eigenvalue weighted by atomic mass is 10.1. The number of anilines is 1. The SMILES string of the molecule is O=[N+]([O-])c1ccc2c(c1)C(c1cccs1)=NCC(=S)N2. The molecular weight excluding hydrogens is 294 g/mol. The Balaban J connectivity index is 2.20. The predicted octanol–water partition coefficient (Wildman–Crippen LogP) is 3.25. The van der Waals surface area contributed by atoms with Gasteiger partial charge in [-0.25, -0.2) is 0 Å². The average Bonchev–Trinajstić information content (AvgIpc) is 2.88. The predicted molar refractivity (Wildman–Crippen MR) is 84.1 cm³/mol. The second kappa shape index (κ2) is 5.10. The molecule has 0 atom stereocenters. The lowest BCUT2D eigenvalue weighted by Gasteiger charge is -2.08. The van der Waals surface area contributed by atoms with Gasteiger partial charge in [-0.2, -0.15) is 0 Å². The van der Waals surface area contributed by atoms with Crippen LogP contribution in [0.2, 0.25) is 0 Å². The molecule has 1 aliphatic rings. The fraction of sp³-hybridized carbons (Fsp3) is 0.0769. The van der Waals surface area contributed by atoms with E-state index in [1.807, 2.05) is 17.5 Å². The maximum atomic E-state index is 11.0. The summed E-state index contributed by atoms with van der Waals surface area (Å²) in [7, 11) is 0. The van der Waals surface area contributed by atoms with Gasteiger partial charge in [0.2, 0.25) is 0 Å². The number of nitrogens with one attached hydrogen (secondary N) is 1. The molecule has 2 heterocycles. The van der Waals surface area contributed by atoms with Crippen LogP contribution < -0.4 is 5.32 Å². The number of hydrogen-bond acceptors (Lipinski definition) is 5. The Labute approximate surface area is 124 Å². The number of benzodiazepines with no additional fused rings is 1. The number of nitro benzene ring substituents is 1. The molecule has 0 bridgehead atoms. The van der Waals surface area contributed by atoms with Crippen molar-refractivity contribution in [3.63, 3.8) is 0 Å². The van der Waals surface area contributed by atoms with Crippen molar-refractivity contribution in [2.45, 2.75) is 0 Å². The Morgan fingerprint density at radius 1 is 1.40 bits per heavy atom. The smallest absolute Gasteiger partial charge is 0.270 e. The van der Waals surface area contributed by atoms with Crippen molar-refractivity contribution in [1.29, 1.82) is 0 Å². The van der Waals surface area contributed by atoms with Crippen LogP contribution >= 0.6 is 23.6 Å². The first kappa shape index (κ1) is 12.9. The molecule has 7 heteroatoms. The van der Waals surface area contributed by atoms with Crippen LogP contribution in [0.4, 0.5) is 11.4 Å². The molecule has 0 radical (unpaired) electrons.